The van der Waals surface area contributed by atoms with Crippen molar-refractivity contribution in [3.05, 3.63) is 48.5 Å². The van der Waals surface area contributed by atoms with E-state index in [9.17, 15) is 9.59 Å². The molecule has 2 amide bonds. The molecule has 4 rings (SSSR count). The van der Waals surface area contributed by atoms with Crippen LogP contribution in [-0.2, 0) is 9.59 Å². The van der Waals surface area contributed by atoms with E-state index in [1.165, 1.54) is 0 Å². The van der Waals surface area contributed by atoms with E-state index >= 15 is 0 Å². The number of amides is 2. The van der Waals surface area contributed by atoms with Crippen LogP contribution in [0.5, 0.6) is 11.5 Å². The molecule has 1 N–H and O–H groups in total. The minimum absolute atomic E-state index is 0.00816. The lowest BCUT2D eigenvalue weighted by Crippen LogP contribution is -2.45. The number of carbonyl (C=O) groups is 2. The van der Waals surface area contributed by atoms with Crippen LogP contribution in [0, 0.1) is 0 Å². The minimum atomic E-state index is -0.667. The summed E-state index contributed by atoms with van der Waals surface area (Å²) in [6.45, 7) is 8.40. The summed E-state index contributed by atoms with van der Waals surface area (Å²) < 4.78 is 10.9. The molecule has 2 heterocycles. The first-order valence-corrected chi connectivity index (χ1v) is 14.0. The number of rotatable bonds is 12. The summed E-state index contributed by atoms with van der Waals surface area (Å²) in [5.41, 5.74) is 1.32. The maximum absolute atomic E-state index is 13.7. The highest BCUT2D eigenvalue weighted by Crippen LogP contribution is 2.29. The molecule has 2 aromatic rings. The van der Waals surface area contributed by atoms with E-state index in [-0.39, 0.29) is 18.2 Å². The van der Waals surface area contributed by atoms with Crippen molar-refractivity contribution in [2.75, 3.05) is 70.2 Å². The number of benzene rings is 2. The van der Waals surface area contributed by atoms with Crippen molar-refractivity contribution in [1.29, 1.82) is 0 Å². The van der Waals surface area contributed by atoms with Gasteiger partial charge in [-0.15, -0.1) is 0 Å². The molecule has 1 unspecified atom stereocenters. The van der Waals surface area contributed by atoms with Crippen LogP contribution in [0.4, 0.5) is 11.4 Å². The first-order valence-electron chi connectivity index (χ1n) is 13.6. The molecule has 9 nitrogen and oxygen atoms in total. The third kappa shape index (κ3) is 7.46. The number of likely N-dealkylation sites (N-methyl/N-ethyl adjacent to an activating group) is 1. The van der Waals surface area contributed by atoms with E-state index in [0.29, 0.717) is 35.4 Å². The standard InChI is InChI=1S/C29H39N5O4S/c1-4-20-38-25-10-6-22(7-11-25)30-27(35)21-26-28(36)34(23-8-12-24(37-3)13-9-23)29(39)33(26)15-5-14-32-18-16-31(2)17-19-32/h6-13,26H,4-5,14-21H2,1-3H3,(H,30,35). The van der Waals surface area contributed by atoms with Gasteiger partial charge in [0.15, 0.2) is 5.11 Å². The second kappa shape index (κ2) is 13.7. The number of anilines is 2. The Balaban J connectivity index is 1.44. The molecule has 0 aromatic heterocycles. The van der Waals surface area contributed by atoms with Gasteiger partial charge in [-0.2, -0.15) is 0 Å². The molecular formula is C29H39N5O4S. The van der Waals surface area contributed by atoms with E-state index in [1.54, 1.807) is 24.1 Å². The molecule has 0 bridgehead atoms. The van der Waals surface area contributed by atoms with E-state index in [1.807, 2.05) is 41.3 Å². The molecule has 0 saturated carbocycles. The third-order valence-electron chi connectivity index (χ3n) is 7.11. The van der Waals surface area contributed by atoms with Crippen molar-refractivity contribution in [2.24, 2.45) is 0 Å². The van der Waals surface area contributed by atoms with Gasteiger partial charge in [-0.3, -0.25) is 14.5 Å². The van der Waals surface area contributed by atoms with Crippen molar-refractivity contribution in [1.82, 2.24) is 14.7 Å². The normalized spacial score (nSPS) is 18.5. The van der Waals surface area contributed by atoms with Gasteiger partial charge in [-0.25, -0.2) is 0 Å². The van der Waals surface area contributed by atoms with Gasteiger partial charge in [0.1, 0.15) is 17.5 Å². The second-order valence-electron chi connectivity index (χ2n) is 9.99. The summed E-state index contributed by atoms with van der Waals surface area (Å²) in [4.78, 5) is 35.0. The molecule has 1 atom stereocenters. The molecule has 0 spiro atoms. The average Bonchev–Trinajstić information content (AvgIpc) is 3.17. The van der Waals surface area contributed by atoms with E-state index in [4.69, 9.17) is 21.7 Å². The van der Waals surface area contributed by atoms with Crippen LogP contribution in [0.3, 0.4) is 0 Å². The lowest BCUT2D eigenvalue weighted by atomic mass is 10.1. The van der Waals surface area contributed by atoms with Gasteiger partial charge in [0.25, 0.3) is 5.91 Å². The average molecular weight is 554 g/mol. The number of ether oxygens (including phenoxy) is 2. The Morgan fingerprint density at radius 1 is 1.00 bits per heavy atom. The van der Waals surface area contributed by atoms with Crippen LogP contribution in [0.25, 0.3) is 0 Å². The zero-order valence-electron chi connectivity index (χ0n) is 23.1. The van der Waals surface area contributed by atoms with Crippen LogP contribution in [0.1, 0.15) is 26.2 Å². The Morgan fingerprint density at radius 2 is 1.67 bits per heavy atom. The zero-order valence-corrected chi connectivity index (χ0v) is 23.9. The van der Waals surface area contributed by atoms with E-state index in [2.05, 4.69) is 29.1 Å². The number of nitrogens with one attached hydrogen (secondary N) is 1. The molecule has 0 aliphatic carbocycles. The number of methoxy groups -OCH3 is 1. The van der Waals surface area contributed by atoms with Gasteiger partial charge in [0, 0.05) is 38.4 Å². The Labute approximate surface area is 236 Å². The maximum Gasteiger partial charge on any atom is 0.256 e. The first-order chi connectivity index (χ1) is 18.9. The largest absolute Gasteiger partial charge is 0.497 e. The fourth-order valence-corrected chi connectivity index (χ4v) is 5.25. The van der Waals surface area contributed by atoms with Gasteiger partial charge in [-0.05, 0) is 87.2 Å². The fourth-order valence-electron chi connectivity index (χ4n) is 4.83. The Morgan fingerprint density at radius 3 is 2.31 bits per heavy atom. The third-order valence-corrected chi connectivity index (χ3v) is 7.53. The number of hydrogen-bond donors (Lipinski definition) is 1. The van der Waals surface area contributed by atoms with Crippen LogP contribution in [0.15, 0.2) is 48.5 Å². The molecule has 2 saturated heterocycles. The number of carbonyl (C=O) groups excluding carboxylic acids is 2. The number of thiocarbonyl (C=S) groups is 1. The molecule has 2 fully saturated rings. The van der Waals surface area contributed by atoms with Gasteiger partial charge >= 0.3 is 0 Å². The topological polar surface area (TPSA) is 77.6 Å². The number of piperazine rings is 1. The number of hydrogen-bond acceptors (Lipinski definition) is 7. The summed E-state index contributed by atoms with van der Waals surface area (Å²) in [7, 11) is 3.74. The predicted octanol–water partition coefficient (Wildman–Crippen LogP) is 3.45. The van der Waals surface area contributed by atoms with Crippen LogP contribution in [0.2, 0.25) is 0 Å². The van der Waals surface area contributed by atoms with Crippen LogP contribution in [-0.4, -0.2) is 97.7 Å². The summed E-state index contributed by atoms with van der Waals surface area (Å²) in [6, 6.07) is 13.8. The van der Waals surface area contributed by atoms with E-state index in [0.717, 1.165) is 51.3 Å². The summed E-state index contributed by atoms with van der Waals surface area (Å²) in [5.74, 6) is 1.03. The van der Waals surface area contributed by atoms with E-state index < -0.39 is 6.04 Å². The number of nitrogens with zero attached hydrogens (tertiary/aromatic N) is 4. The van der Waals surface area contributed by atoms with Crippen LogP contribution >= 0.6 is 12.2 Å². The smallest absolute Gasteiger partial charge is 0.256 e. The van der Waals surface area contributed by atoms with Crippen molar-refractivity contribution in [3.63, 3.8) is 0 Å². The molecule has 0 radical (unpaired) electrons. The van der Waals surface area contributed by atoms with Crippen molar-refractivity contribution >= 4 is 40.5 Å². The predicted molar refractivity (Wildman–Crippen MR) is 158 cm³/mol. The van der Waals surface area contributed by atoms with Crippen molar-refractivity contribution in [3.8, 4) is 11.5 Å². The van der Waals surface area contributed by atoms with Crippen LogP contribution < -0.4 is 19.7 Å². The minimum Gasteiger partial charge on any atom is -0.497 e. The SMILES string of the molecule is CCCOc1ccc(NC(=O)CC2C(=O)N(c3ccc(OC)cc3)C(=S)N2CCCN2CCN(C)CC2)cc1. The highest BCUT2D eigenvalue weighted by Gasteiger charge is 2.43. The summed E-state index contributed by atoms with van der Waals surface area (Å²) >= 11 is 5.81. The Kier molecular flexibility index (Phi) is 10.1. The fraction of sp³-hybridized carbons (Fsp3) is 0.483. The lowest BCUT2D eigenvalue weighted by molar-refractivity contribution is -0.124. The molecule has 2 aromatic carbocycles. The highest BCUT2D eigenvalue weighted by molar-refractivity contribution is 7.80. The lowest BCUT2D eigenvalue weighted by Gasteiger charge is -2.33. The van der Waals surface area contributed by atoms with Crippen molar-refractivity contribution in [2.45, 2.75) is 32.2 Å². The van der Waals surface area contributed by atoms with Gasteiger partial charge in [-0.1, -0.05) is 6.92 Å². The van der Waals surface area contributed by atoms with Gasteiger partial charge in [0.05, 0.1) is 25.8 Å². The molecule has 2 aliphatic rings. The Bertz CT molecular complexity index is 1120. The van der Waals surface area contributed by atoms with Gasteiger partial charge < -0.3 is 29.5 Å². The highest BCUT2D eigenvalue weighted by atomic mass is 32.1. The monoisotopic (exact) mass is 553 g/mol. The maximum atomic E-state index is 13.7. The quantitative estimate of drug-likeness (QED) is 0.401. The first kappa shape index (κ1) is 28.8. The van der Waals surface area contributed by atoms with Gasteiger partial charge in [0.2, 0.25) is 5.91 Å². The van der Waals surface area contributed by atoms with Crippen molar-refractivity contribution < 1.29 is 19.1 Å². The molecule has 2 aliphatic heterocycles. The molecule has 39 heavy (non-hydrogen) atoms. The summed E-state index contributed by atoms with van der Waals surface area (Å²) in [6.07, 6.45) is 1.79. The summed E-state index contributed by atoms with van der Waals surface area (Å²) in [5, 5.41) is 3.35. The molecule has 210 valence electrons. The molecule has 10 heteroatoms. The Hall–Kier alpha value is -3.21. The zero-order chi connectivity index (χ0) is 27.8. The second-order valence-corrected chi connectivity index (χ2v) is 10.4. The molecular weight excluding hydrogens is 514 g/mol.